The maximum absolute atomic E-state index is 12.9. The number of fused-ring (bicyclic) bond motifs is 1. The third-order valence-electron chi connectivity index (χ3n) is 7.05. The average molecular weight is 490 g/mol. The first-order chi connectivity index (χ1) is 17.2. The summed E-state index contributed by atoms with van der Waals surface area (Å²) in [6, 6.07) is 12.8. The van der Waals surface area contributed by atoms with E-state index in [0.29, 0.717) is 35.7 Å². The van der Waals surface area contributed by atoms with E-state index in [1.165, 1.54) is 6.07 Å². The Morgan fingerprint density at radius 1 is 1.11 bits per heavy atom. The quantitative estimate of drug-likeness (QED) is 0.416. The number of benzene rings is 2. The van der Waals surface area contributed by atoms with Crippen molar-refractivity contribution < 1.29 is 23.5 Å². The van der Waals surface area contributed by atoms with E-state index in [-0.39, 0.29) is 6.61 Å². The molecule has 2 fully saturated rings. The Hall–Kier alpha value is -4.14. The number of imide groups is 1. The Balaban J connectivity index is 1.21. The maximum Gasteiger partial charge on any atom is 0.344 e. The van der Waals surface area contributed by atoms with Crippen molar-refractivity contribution in [3.63, 3.8) is 0 Å². The van der Waals surface area contributed by atoms with Gasteiger partial charge in [-0.3, -0.25) is 15.0 Å². The summed E-state index contributed by atoms with van der Waals surface area (Å²) in [7, 11) is 0. The number of amides is 4. The first-order valence-corrected chi connectivity index (χ1v) is 12.0. The van der Waals surface area contributed by atoms with Crippen LogP contribution >= 0.6 is 0 Å². The third-order valence-corrected chi connectivity index (χ3v) is 7.05. The molecule has 1 spiro atoms. The summed E-state index contributed by atoms with van der Waals surface area (Å²) >= 11 is 0. The lowest BCUT2D eigenvalue weighted by Gasteiger charge is -2.33. The zero-order chi connectivity index (χ0) is 25.4. The molecular formula is C27H27N3O6. The van der Waals surface area contributed by atoms with Crippen LogP contribution in [0, 0.1) is 12.8 Å². The summed E-state index contributed by atoms with van der Waals surface area (Å²) in [5.74, 6) is 0.103. The van der Waals surface area contributed by atoms with E-state index in [4.69, 9.17) is 9.15 Å². The lowest BCUT2D eigenvalue weighted by molar-refractivity contribution is -0.134. The molecule has 36 heavy (non-hydrogen) atoms. The zero-order valence-corrected chi connectivity index (χ0v) is 20.1. The third kappa shape index (κ3) is 4.44. The Morgan fingerprint density at radius 3 is 2.56 bits per heavy atom. The summed E-state index contributed by atoms with van der Waals surface area (Å²) in [4.78, 5) is 49.8. The molecule has 0 bridgehead atoms. The van der Waals surface area contributed by atoms with Crippen LogP contribution in [0.3, 0.4) is 0 Å². The van der Waals surface area contributed by atoms with Gasteiger partial charge in [-0.25, -0.2) is 9.59 Å². The fraction of sp³-hybridized carbons (Fsp3) is 0.333. The fourth-order valence-corrected chi connectivity index (χ4v) is 4.80. The second-order valence-electron chi connectivity index (χ2n) is 9.67. The molecule has 9 nitrogen and oxygen atoms in total. The van der Waals surface area contributed by atoms with Crippen LogP contribution < -0.4 is 21.1 Å². The zero-order valence-electron chi connectivity index (χ0n) is 20.1. The number of ether oxygens (including phenoxy) is 1. The lowest BCUT2D eigenvalue weighted by atomic mass is 9.77. The highest BCUT2D eigenvalue weighted by atomic mass is 16.5. The smallest absolute Gasteiger partial charge is 0.344 e. The van der Waals surface area contributed by atoms with Crippen molar-refractivity contribution in [2.45, 2.75) is 51.7 Å². The van der Waals surface area contributed by atoms with Gasteiger partial charge in [-0.05, 0) is 73.9 Å². The van der Waals surface area contributed by atoms with E-state index in [9.17, 15) is 19.2 Å². The summed E-state index contributed by atoms with van der Waals surface area (Å²) < 4.78 is 11.1. The second kappa shape index (κ2) is 9.14. The van der Waals surface area contributed by atoms with Crippen LogP contribution in [-0.2, 0) is 11.4 Å². The molecule has 1 saturated carbocycles. The Labute approximate surface area is 207 Å². The van der Waals surface area contributed by atoms with Crippen molar-refractivity contribution in [1.82, 2.24) is 15.8 Å². The van der Waals surface area contributed by atoms with Gasteiger partial charge in [-0.2, -0.15) is 5.01 Å². The predicted octanol–water partition coefficient (Wildman–Crippen LogP) is 3.83. The number of carbonyl (C=O) groups excluding carboxylic acids is 3. The van der Waals surface area contributed by atoms with Gasteiger partial charge < -0.3 is 14.5 Å². The molecule has 4 amide bonds. The topological polar surface area (TPSA) is 118 Å². The van der Waals surface area contributed by atoms with E-state index < -0.39 is 29.0 Å². The van der Waals surface area contributed by atoms with Crippen LogP contribution in [0.2, 0.25) is 0 Å². The van der Waals surface area contributed by atoms with E-state index in [2.05, 4.69) is 17.7 Å². The molecule has 5 rings (SSSR count). The minimum atomic E-state index is -0.915. The van der Waals surface area contributed by atoms with Gasteiger partial charge in [0.1, 0.15) is 23.5 Å². The number of nitrogens with one attached hydrogen (secondary N) is 2. The molecule has 2 N–H and O–H groups in total. The summed E-state index contributed by atoms with van der Waals surface area (Å²) in [6.45, 7) is 4.21. The number of aryl methyl sites for hydroxylation is 1. The highest BCUT2D eigenvalue weighted by Crippen LogP contribution is 2.35. The summed E-state index contributed by atoms with van der Waals surface area (Å²) in [5, 5.41) is 4.43. The largest absolute Gasteiger partial charge is 0.489 e. The molecule has 1 aliphatic heterocycles. The van der Waals surface area contributed by atoms with Gasteiger partial charge in [0.25, 0.3) is 11.8 Å². The minimum Gasteiger partial charge on any atom is -0.489 e. The number of hydrogen-bond donors (Lipinski definition) is 2. The van der Waals surface area contributed by atoms with Crippen LogP contribution in [0.1, 0.15) is 54.1 Å². The fourth-order valence-electron chi connectivity index (χ4n) is 4.80. The number of carbonyl (C=O) groups is 3. The molecule has 186 valence electrons. The van der Waals surface area contributed by atoms with Gasteiger partial charge in [0.15, 0.2) is 0 Å². The monoisotopic (exact) mass is 489 g/mol. The molecule has 2 aromatic carbocycles. The van der Waals surface area contributed by atoms with Crippen LogP contribution in [-0.4, -0.2) is 28.4 Å². The number of rotatable bonds is 5. The van der Waals surface area contributed by atoms with Crippen molar-refractivity contribution in [3.8, 4) is 5.75 Å². The average Bonchev–Trinajstić information content (AvgIpc) is 3.08. The number of urea groups is 1. The molecule has 0 unspecified atom stereocenters. The molecule has 1 aromatic heterocycles. The number of hydrogen-bond acceptors (Lipinski definition) is 6. The van der Waals surface area contributed by atoms with Crippen molar-refractivity contribution in [2.24, 2.45) is 5.92 Å². The first kappa shape index (κ1) is 23.6. The summed E-state index contributed by atoms with van der Waals surface area (Å²) in [5.41, 5.74) is 3.52. The molecule has 0 atom stereocenters. The van der Waals surface area contributed by atoms with Gasteiger partial charge in [0.2, 0.25) is 0 Å². The van der Waals surface area contributed by atoms with Crippen molar-refractivity contribution in [2.75, 3.05) is 0 Å². The number of nitrogens with zero attached hydrogens (tertiary/aromatic N) is 1. The van der Waals surface area contributed by atoms with Gasteiger partial charge in [0, 0.05) is 23.1 Å². The highest BCUT2D eigenvalue weighted by molar-refractivity contribution is 6.09. The SMILES string of the molecule is Cc1cc(=O)oc2cc(OCc3ccc(C(=O)NN4C(=O)NC5(CCC(C)CC5)C4=O)cc3)ccc12. The summed E-state index contributed by atoms with van der Waals surface area (Å²) in [6.07, 6.45) is 2.85. The maximum atomic E-state index is 12.9. The van der Waals surface area contributed by atoms with Crippen LogP contribution in [0.25, 0.3) is 11.0 Å². The lowest BCUT2D eigenvalue weighted by Crippen LogP contribution is -2.51. The van der Waals surface area contributed by atoms with E-state index >= 15 is 0 Å². The van der Waals surface area contributed by atoms with E-state index in [1.807, 2.05) is 13.0 Å². The first-order valence-electron chi connectivity index (χ1n) is 12.0. The molecule has 0 radical (unpaired) electrons. The van der Waals surface area contributed by atoms with Gasteiger partial charge >= 0.3 is 11.7 Å². The van der Waals surface area contributed by atoms with Crippen molar-refractivity contribution >= 4 is 28.8 Å². The van der Waals surface area contributed by atoms with Crippen LogP contribution in [0.5, 0.6) is 5.75 Å². The minimum absolute atomic E-state index is 0.234. The van der Waals surface area contributed by atoms with Crippen molar-refractivity contribution in [1.29, 1.82) is 0 Å². The van der Waals surface area contributed by atoms with Crippen LogP contribution in [0.15, 0.2) is 57.7 Å². The predicted molar refractivity (Wildman–Crippen MR) is 131 cm³/mol. The van der Waals surface area contributed by atoms with E-state index in [0.717, 1.165) is 34.4 Å². The Morgan fingerprint density at radius 2 is 1.83 bits per heavy atom. The van der Waals surface area contributed by atoms with Crippen molar-refractivity contribution in [3.05, 3.63) is 75.6 Å². The normalized spacial score (nSPS) is 21.6. The molecule has 1 aliphatic carbocycles. The van der Waals surface area contributed by atoms with Gasteiger partial charge in [-0.15, -0.1) is 0 Å². The molecule has 3 aromatic rings. The van der Waals surface area contributed by atoms with E-state index in [1.54, 1.807) is 36.4 Å². The molecular weight excluding hydrogens is 462 g/mol. The molecule has 9 heteroatoms. The van der Waals surface area contributed by atoms with Crippen LogP contribution in [0.4, 0.5) is 4.79 Å². The number of hydrazine groups is 1. The second-order valence-corrected chi connectivity index (χ2v) is 9.67. The Bertz CT molecular complexity index is 1400. The Kier molecular flexibility index (Phi) is 5.99. The molecule has 2 aliphatic rings. The van der Waals surface area contributed by atoms with Gasteiger partial charge in [-0.1, -0.05) is 19.1 Å². The highest BCUT2D eigenvalue weighted by Gasteiger charge is 2.52. The molecule has 2 heterocycles. The van der Waals surface area contributed by atoms with Gasteiger partial charge in [0.05, 0.1) is 0 Å². The molecule has 1 saturated heterocycles. The standard InChI is InChI=1S/C27H27N3O6/c1-16-9-11-27(12-10-16)25(33)30(26(34)28-27)29-24(32)19-5-3-18(4-6-19)15-35-20-7-8-21-17(2)13-23(31)36-22(21)14-20/h3-8,13-14,16H,9-12,15H2,1-2H3,(H,28,34)(H,29,32).